The number of hydrogen-bond donors (Lipinski definition) is 1. The van der Waals surface area contributed by atoms with Gasteiger partial charge in [0.15, 0.2) is 0 Å². The van der Waals surface area contributed by atoms with Gasteiger partial charge in [-0.15, -0.1) is 0 Å². The standard InChI is InChI=1S/C15H29N3/c1-5-15(13-16,17-4)7-6-10-18-11-8-14(2,3)9-12-18/h17H,5-12H2,1-4H3. The molecule has 104 valence electrons. The number of likely N-dealkylation sites (tertiary alicyclic amines) is 1. The zero-order chi connectivity index (χ0) is 13.6. The minimum absolute atomic E-state index is 0.310. The van der Waals surface area contributed by atoms with Gasteiger partial charge in [-0.2, -0.15) is 5.26 Å². The van der Waals surface area contributed by atoms with Crippen LogP contribution in [-0.4, -0.2) is 37.1 Å². The monoisotopic (exact) mass is 251 g/mol. The molecule has 0 aromatic carbocycles. The van der Waals surface area contributed by atoms with Gasteiger partial charge in [0, 0.05) is 0 Å². The van der Waals surface area contributed by atoms with Crippen molar-refractivity contribution in [1.29, 1.82) is 5.26 Å². The van der Waals surface area contributed by atoms with E-state index in [9.17, 15) is 5.26 Å². The summed E-state index contributed by atoms with van der Waals surface area (Å²) < 4.78 is 0. The molecule has 0 amide bonds. The molecule has 0 aliphatic carbocycles. The summed E-state index contributed by atoms with van der Waals surface area (Å²) >= 11 is 0. The van der Waals surface area contributed by atoms with E-state index in [2.05, 4.69) is 37.1 Å². The van der Waals surface area contributed by atoms with Crippen molar-refractivity contribution >= 4 is 0 Å². The highest BCUT2D eigenvalue weighted by atomic mass is 15.1. The summed E-state index contributed by atoms with van der Waals surface area (Å²) in [5.74, 6) is 0. The molecule has 0 saturated carbocycles. The van der Waals surface area contributed by atoms with Crippen molar-refractivity contribution in [2.75, 3.05) is 26.7 Å². The zero-order valence-electron chi connectivity index (χ0n) is 12.6. The van der Waals surface area contributed by atoms with E-state index < -0.39 is 0 Å². The molecule has 0 aromatic heterocycles. The fraction of sp³-hybridized carbons (Fsp3) is 0.933. The Labute approximate surface area is 113 Å². The fourth-order valence-electron chi connectivity index (χ4n) is 2.66. The van der Waals surface area contributed by atoms with Gasteiger partial charge in [0.2, 0.25) is 0 Å². The van der Waals surface area contributed by atoms with Crippen molar-refractivity contribution < 1.29 is 0 Å². The summed E-state index contributed by atoms with van der Waals surface area (Å²) in [6.45, 7) is 10.4. The Balaban J connectivity index is 2.29. The molecule has 3 nitrogen and oxygen atoms in total. The SMILES string of the molecule is CCC(C#N)(CCCN1CCC(C)(C)CC1)NC. The van der Waals surface area contributed by atoms with E-state index in [-0.39, 0.29) is 5.54 Å². The maximum Gasteiger partial charge on any atom is 0.106 e. The molecule has 1 aliphatic rings. The Bertz CT molecular complexity index is 277. The van der Waals surface area contributed by atoms with Crippen LogP contribution in [0.4, 0.5) is 0 Å². The van der Waals surface area contributed by atoms with Crippen LogP contribution in [0.5, 0.6) is 0 Å². The molecule has 18 heavy (non-hydrogen) atoms. The lowest BCUT2D eigenvalue weighted by Crippen LogP contribution is -2.42. The normalized spacial score (nSPS) is 23.3. The average Bonchev–Trinajstić information content (AvgIpc) is 2.37. The molecule has 0 radical (unpaired) electrons. The highest BCUT2D eigenvalue weighted by Gasteiger charge is 2.27. The minimum Gasteiger partial charge on any atom is -0.303 e. The lowest BCUT2D eigenvalue weighted by Gasteiger charge is -2.37. The molecule has 1 aliphatic heterocycles. The molecular weight excluding hydrogens is 222 g/mol. The molecular formula is C15H29N3. The fourth-order valence-corrected chi connectivity index (χ4v) is 2.66. The van der Waals surface area contributed by atoms with Crippen LogP contribution in [-0.2, 0) is 0 Å². The topological polar surface area (TPSA) is 39.1 Å². The van der Waals surface area contributed by atoms with E-state index in [1.807, 2.05) is 7.05 Å². The summed E-state index contributed by atoms with van der Waals surface area (Å²) in [5.41, 5.74) is 0.219. The van der Waals surface area contributed by atoms with Crippen LogP contribution >= 0.6 is 0 Å². The first-order valence-corrected chi connectivity index (χ1v) is 7.29. The number of rotatable bonds is 6. The number of piperidine rings is 1. The number of nitriles is 1. The van der Waals surface area contributed by atoms with Crippen LogP contribution in [0.15, 0.2) is 0 Å². The van der Waals surface area contributed by atoms with Gasteiger partial charge in [-0.3, -0.25) is 0 Å². The number of nitrogens with zero attached hydrogens (tertiary/aromatic N) is 2. The number of nitrogens with one attached hydrogen (secondary N) is 1. The molecule has 1 saturated heterocycles. The molecule has 3 heteroatoms. The van der Waals surface area contributed by atoms with E-state index in [0.29, 0.717) is 5.41 Å². The average molecular weight is 251 g/mol. The minimum atomic E-state index is -0.310. The van der Waals surface area contributed by atoms with Gasteiger partial charge in [-0.05, 0) is 64.2 Å². The Kier molecular flexibility index (Phi) is 5.62. The van der Waals surface area contributed by atoms with E-state index in [4.69, 9.17) is 0 Å². The van der Waals surface area contributed by atoms with E-state index in [1.54, 1.807) is 0 Å². The molecule has 0 aromatic rings. The largest absolute Gasteiger partial charge is 0.303 e. The predicted molar refractivity (Wildman–Crippen MR) is 76.4 cm³/mol. The second-order valence-corrected chi connectivity index (χ2v) is 6.41. The highest BCUT2D eigenvalue weighted by molar-refractivity contribution is 5.05. The third kappa shape index (κ3) is 4.26. The van der Waals surface area contributed by atoms with Gasteiger partial charge < -0.3 is 10.2 Å². The van der Waals surface area contributed by atoms with Crippen molar-refractivity contribution in [3.8, 4) is 6.07 Å². The van der Waals surface area contributed by atoms with Crippen LogP contribution in [0, 0.1) is 16.7 Å². The summed E-state index contributed by atoms with van der Waals surface area (Å²) in [7, 11) is 1.90. The van der Waals surface area contributed by atoms with Crippen LogP contribution in [0.1, 0.15) is 52.9 Å². The molecule has 0 spiro atoms. The van der Waals surface area contributed by atoms with Gasteiger partial charge in [0.1, 0.15) is 5.54 Å². The lowest BCUT2D eigenvalue weighted by molar-refractivity contribution is 0.129. The summed E-state index contributed by atoms with van der Waals surface area (Å²) in [6.07, 6.45) is 5.55. The third-order valence-electron chi connectivity index (χ3n) is 4.58. The van der Waals surface area contributed by atoms with Gasteiger partial charge in [-0.25, -0.2) is 0 Å². The molecule has 1 atom stereocenters. The van der Waals surface area contributed by atoms with Crippen molar-refractivity contribution in [3.05, 3.63) is 0 Å². The van der Waals surface area contributed by atoms with Crippen LogP contribution in [0.3, 0.4) is 0 Å². The van der Waals surface area contributed by atoms with Crippen LogP contribution in [0.25, 0.3) is 0 Å². The van der Waals surface area contributed by atoms with Gasteiger partial charge in [0.05, 0.1) is 6.07 Å². The smallest absolute Gasteiger partial charge is 0.106 e. The van der Waals surface area contributed by atoms with Crippen molar-refractivity contribution in [1.82, 2.24) is 10.2 Å². The Morgan fingerprint density at radius 1 is 1.33 bits per heavy atom. The van der Waals surface area contributed by atoms with Crippen molar-refractivity contribution in [2.24, 2.45) is 5.41 Å². The van der Waals surface area contributed by atoms with Crippen molar-refractivity contribution in [3.63, 3.8) is 0 Å². The Morgan fingerprint density at radius 2 is 1.94 bits per heavy atom. The third-order valence-corrected chi connectivity index (χ3v) is 4.58. The molecule has 1 N–H and O–H groups in total. The number of hydrogen-bond acceptors (Lipinski definition) is 3. The molecule has 0 bridgehead atoms. The van der Waals surface area contributed by atoms with Gasteiger partial charge in [-0.1, -0.05) is 20.8 Å². The van der Waals surface area contributed by atoms with Crippen LogP contribution < -0.4 is 5.32 Å². The molecule has 1 unspecified atom stereocenters. The lowest BCUT2D eigenvalue weighted by atomic mass is 9.82. The maximum absolute atomic E-state index is 9.26. The molecule has 1 heterocycles. The van der Waals surface area contributed by atoms with Gasteiger partial charge >= 0.3 is 0 Å². The van der Waals surface area contributed by atoms with E-state index in [1.165, 1.54) is 25.9 Å². The summed E-state index contributed by atoms with van der Waals surface area (Å²) in [4.78, 5) is 2.55. The summed E-state index contributed by atoms with van der Waals surface area (Å²) in [5, 5.41) is 12.4. The first-order valence-electron chi connectivity index (χ1n) is 7.29. The van der Waals surface area contributed by atoms with Crippen molar-refractivity contribution in [2.45, 2.75) is 58.4 Å². The first kappa shape index (κ1) is 15.5. The van der Waals surface area contributed by atoms with E-state index >= 15 is 0 Å². The van der Waals surface area contributed by atoms with E-state index in [0.717, 1.165) is 25.8 Å². The predicted octanol–water partition coefficient (Wildman–Crippen LogP) is 2.78. The Morgan fingerprint density at radius 3 is 2.39 bits per heavy atom. The Hall–Kier alpha value is -0.590. The van der Waals surface area contributed by atoms with Gasteiger partial charge in [0.25, 0.3) is 0 Å². The molecule has 1 fully saturated rings. The summed E-state index contributed by atoms with van der Waals surface area (Å²) in [6, 6.07) is 2.44. The second-order valence-electron chi connectivity index (χ2n) is 6.41. The highest BCUT2D eigenvalue weighted by Crippen LogP contribution is 2.29. The molecule has 1 rings (SSSR count). The second kappa shape index (κ2) is 6.54. The quantitative estimate of drug-likeness (QED) is 0.789. The first-order chi connectivity index (χ1) is 8.47. The van der Waals surface area contributed by atoms with Crippen LogP contribution in [0.2, 0.25) is 0 Å². The zero-order valence-corrected chi connectivity index (χ0v) is 12.6. The maximum atomic E-state index is 9.26.